The summed E-state index contributed by atoms with van der Waals surface area (Å²) in [6.07, 6.45) is 0. The molecular weight excluding hydrogens is 472 g/mol. The van der Waals surface area contributed by atoms with Crippen molar-refractivity contribution >= 4 is 51.5 Å². The van der Waals surface area contributed by atoms with Crippen molar-refractivity contribution in [1.82, 2.24) is 9.55 Å². The number of rotatable bonds is 7. The molecule has 0 aliphatic heterocycles. The average Bonchev–Trinajstić information content (AvgIpc) is 2.83. The molecule has 0 bridgehead atoms. The van der Waals surface area contributed by atoms with Gasteiger partial charge in [-0.15, -0.1) is 0 Å². The summed E-state index contributed by atoms with van der Waals surface area (Å²) < 4.78 is 6.94. The van der Waals surface area contributed by atoms with Crippen molar-refractivity contribution in [2.45, 2.75) is 5.16 Å². The number of nitrogens with one attached hydrogen (secondary N) is 1. The SMILES string of the molecule is COc1ccccc1-n1c(SCC(=O)Nc2ccc(N(C)C)cc2)nc2cc(Cl)ccc2c1=O. The first kappa shape index (κ1) is 23.7. The minimum absolute atomic E-state index is 0.0586. The Morgan fingerprint density at radius 1 is 1.12 bits per heavy atom. The first-order chi connectivity index (χ1) is 16.4. The molecule has 4 aromatic rings. The van der Waals surface area contributed by atoms with Gasteiger partial charge >= 0.3 is 0 Å². The number of halogens is 1. The molecule has 1 N–H and O–H groups in total. The topological polar surface area (TPSA) is 76.5 Å². The molecule has 1 aromatic heterocycles. The summed E-state index contributed by atoms with van der Waals surface area (Å²) in [5.41, 5.74) is 2.46. The predicted octanol–water partition coefficient (Wildman–Crippen LogP) is 4.84. The number of hydrogen-bond donors (Lipinski definition) is 1. The maximum Gasteiger partial charge on any atom is 0.266 e. The molecule has 9 heteroatoms. The zero-order valence-corrected chi connectivity index (χ0v) is 20.5. The fourth-order valence-corrected chi connectivity index (χ4v) is 4.40. The number of carbonyl (C=O) groups excluding carboxylic acids is 1. The van der Waals surface area contributed by atoms with Gasteiger partial charge in [-0.1, -0.05) is 35.5 Å². The number of anilines is 2. The second kappa shape index (κ2) is 10.2. The summed E-state index contributed by atoms with van der Waals surface area (Å²) in [6, 6.07) is 19.7. The molecule has 3 aromatic carbocycles. The van der Waals surface area contributed by atoms with Gasteiger partial charge in [-0.05, 0) is 54.6 Å². The molecule has 0 spiro atoms. The standard InChI is InChI=1S/C25H23ClN4O3S/c1-29(2)18-11-9-17(10-12-18)27-23(31)15-34-25-28-20-14-16(26)8-13-19(20)24(32)30(25)21-6-4-5-7-22(21)33-3/h4-14H,15H2,1-3H3,(H,27,31). The number of para-hydroxylation sites is 2. The summed E-state index contributed by atoms with van der Waals surface area (Å²) in [6.45, 7) is 0. The third kappa shape index (κ3) is 5.03. The molecule has 0 aliphatic rings. The molecule has 1 heterocycles. The van der Waals surface area contributed by atoms with E-state index in [1.54, 1.807) is 37.4 Å². The van der Waals surface area contributed by atoms with Gasteiger partial charge in [0.25, 0.3) is 5.56 Å². The zero-order chi connectivity index (χ0) is 24.2. The van der Waals surface area contributed by atoms with Crippen LogP contribution in [0.25, 0.3) is 16.6 Å². The van der Waals surface area contributed by atoms with Crippen LogP contribution in [-0.2, 0) is 4.79 Å². The van der Waals surface area contributed by atoms with E-state index in [0.717, 1.165) is 17.4 Å². The molecule has 7 nitrogen and oxygen atoms in total. The fraction of sp³-hybridized carbons (Fsp3) is 0.160. The van der Waals surface area contributed by atoms with E-state index in [2.05, 4.69) is 10.3 Å². The van der Waals surface area contributed by atoms with E-state index < -0.39 is 0 Å². The van der Waals surface area contributed by atoms with Crippen molar-refractivity contribution in [2.75, 3.05) is 37.2 Å². The van der Waals surface area contributed by atoms with Gasteiger partial charge in [-0.2, -0.15) is 0 Å². The zero-order valence-electron chi connectivity index (χ0n) is 18.9. The molecule has 0 saturated carbocycles. The minimum Gasteiger partial charge on any atom is -0.495 e. The number of methoxy groups -OCH3 is 1. The molecule has 0 atom stereocenters. The summed E-state index contributed by atoms with van der Waals surface area (Å²) in [7, 11) is 5.45. The second-order valence-electron chi connectivity index (χ2n) is 7.65. The van der Waals surface area contributed by atoms with Gasteiger partial charge in [0.2, 0.25) is 5.91 Å². The van der Waals surface area contributed by atoms with Crippen molar-refractivity contribution in [3.8, 4) is 11.4 Å². The fourth-order valence-electron chi connectivity index (χ4n) is 3.43. The van der Waals surface area contributed by atoms with Crippen LogP contribution in [0.2, 0.25) is 5.02 Å². The third-order valence-electron chi connectivity index (χ3n) is 5.13. The average molecular weight is 495 g/mol. The molecule has 0 unspecified atom stereocenters. The summed E-state index contributed by atoms with van der Waals surface area (Å²) in [5, 5.41) is 4.14. The van der Waals surface area contributed by atoms with Crippen molar-refractivity contribution in [3.05, 3.63) is 82.1 Å². The van der Waals surface area contributed by atoms with Gasteiger partial charge in [0, 0.05) is 30.5 Å². The quantitative estimate of drug-likeness (QED) is 0.292. The summed E-state index contributed by atoms with van der Waals surface area (Å²) in [4.78, 5) is 32.8. The van der Waals surface area contributed by atoms with Gasteiger partial charge in [0.15, 0.2) is 5.16 Å². The van der Waals surface area contributed by atoms with E-state index in [9.17, 15) is 9.59 Å². The van der Waals surface area contributed by atoms with Crippen LogP contribution in [0.3, 0.4) is 0 Å². The smallest absolute Gasteiger partial charge is 0.266 e. The number of carbonyl (C=O) groups is 1. The molecule has 4 rings (SSSR count). The van der Waals surface area contributed by atoms with E-state index >= 15 is 0 Å². The Hall–Kier alpha value is -3.49. The highest BCUT2D eigenvalue weighted by molar-refractivity contribution is 7.99. The molecule has 0 fully saturated rings. The summed E-state index contributed by atoms with van der Waals surface area (Å²) in [5.74, 6) is 0.366. The van der Waals surface area contributed by atoms with E-state index in [0.29, 0.717) is 38.2 Å². The lowest BCUT2D eigenvalue weighted by atomic mass is 10.2. The van der Waals surface area contributed by atoms with E-state index in [4.69, 9.17) is 16.3 Å². The Morgan fingerprint density at radius 2 is 1.85 bits per heavy atom. The molecule has 1 amide bonds. The number of aromatic nitrogens is 2. The Balaban J connectivity index is 1.67. The number of amides is 1. The molecule has 34 heavy (non-hydrogen) atoms. The largest absolute Gasteiger partial charge is 0.495 e. The minimum atomic E-state index is -0.270. The highest BCUT2D eigenvalue weighted by Crippen LogP contribution is 2.28. The molecule has 174 valence electrons. The van der Waals surface area contributed by atoms with Gasteiger partial charge in [0.05, 0.1) is 29.5 Å². The third-order valence-corrected chi connectivity index (χ3v) is 6.30. The highest BCUT2D eigenvalue weighted by atomic mass is 35.5. The van der Waals surface area contributed by atoms with Crippen LogP contribution in [0.15, 0.2) is 76.7 Å². The van der Waals surface area contributed by atoms with Crippen LogP contribution in [0.5, 0.6) is 5.75 Å². The van der Waals surface area contributed by atoms with Gasteiger partial charge in [0.1, 0.15) is 5.75 Å². The normalized spacial score (nSPS) is 10.8. The van der Waals surface area contributed by atoms with Crippen LogP contribution in [0, 0.1) is 0 Å². The van der Waals surface area contributed by atoms with Gasteiger partial charge < -0.3 is 15.0 Å². The molecule has 0 aliphatic carbocycles. The second-order valence-corrected chi connectivity index (χ2v) is 9.03. The monoisotopic (exact) mass is 494 g/mol. The van der Waals surface area contributed by atoms with Crippen molar-refractivity contribution in [2.24, 2.45) is 0 Å². The predicted molar refractivity (Wildman–Crippen MR) is 139 cm³/mol. The number of nitrogens with zero attached hydrogens (tertiary/aromatic N) is 3. The van der Waals surface area contributed by atoms with Crippen LogP contribution in [0.4, 0.5) is 11.4 Å². The van der Waals surface area contributed by atoms with Crippen molar-refractivity contribution < 1.29 is 9.53 Å². The first-order valence-corrected chi connectivity index (χ1v) is 11.8. The maximum absolute atomic E-state index is 13.5. The lowest BCUT2D eigenvalue weighted by Crippen LogP contribution is -2.23. The van der Waals surface area contributed by atoms with Crippen LogP contribution in [0.1, 0.15) is 0 Å². The van der Waals surface area contributed by atoms with Crippen molar-refractivity contribution in [3.63, 3.8) is 0 Å². The number of benzene rings is 3. The number of fused-ring (bicyclic) bond motifs is 1. The van der Waals surface area contributed by atoms with Crippen LogP contribution in [-0.4, -0.2) is 42.4 Å². The van der Waals surface area contributed by atoms with Crippen LogP contribution < -0.4 is 20.5 Å². The number of ether oxygens (including phenoxy) is 1. The van der Waals surface area contributed by atoms with E-state index in [1.165, 1.54) is 4.57 Å². The van der Waals surface area contributed by atoms with E-state index in [1.807, 2.05) is 55.4 Å². The number of hydrogen-bond acceptors (Lipinski definition) is 6. The Labute approximate surface area is 206 Å². The lowest BCUT2D eigenvalue weighted by Gasteiger charge is -2.16. The Kier molecular flexibility index (Phi) is 7.09. The number of thioether (sulfide) groups is 1. The highest BCUT2D eigenvalue weighted by Gasteiger charge is 2.18. The van der Waals surface area contributed by atoms with Crippen molar-refractivity contribution in [1.29, 1.82) is 0 Å². The first-order valence-electron chi connectivity index (χ1n) is 10.4. The molecule has 0 radical (unpaired) electrons. The summed E-state index contributed by atoms with van der Waals surface area (Å²) >= 11 is 7.30. The lowest BCUT2D eigenvalue weighted by molar-refractivity contribution is -0.113. The molecular formula is C25H23ClN4O3S. The van der Waals surface area contributed by atoms with Gasteiger partial charge in [-0.25, -0.2) is 4.98 Å². The Bertz CT molecular complexity index is 1400. The van der Waals surface area contributed by atoms with E-state index in [-0.39, 0.29) is 17.2 Å². The Morgan fingerprint density at radius 3 is 2.56 bits per heavy atom. The van der Waals surface area contributed by atoms with Crippen LogP contribution >= 0.6 is 23.4 Å². The van der Waals surface area contributed by atoms with Gasteiger partial charge in [-0.3, -0.25) is 14.2 Å². The molecule has 0 saturated heterocycles. The maximum atomic E-state index is 13.5.